The summed E-state index contributed by atoms with van der Waals surface area (Å²) in [7, 11) is -3.69. The molecule has 3 aromatic rings. The van der Waals surface area contributed by atoms with Crippen molar-refractivity contribution in [2.75, 3.05) is 6.54 Å². The van der Waals surface area contributed by atoms with Crippen molar-refractivity contribution in [1.82, 2.24) is 10.3 Å². The molecule has 1 aromatic heterocycles. The number of hydrogen-bond acceptors (Lipinski definition) is 6. The number of sulfonamides is 1. The van der Waals surface area contributed by atoms with Crippen molar-refractivity contribution < 1.29 is 17.9 Å². The molecule has 1 heterocycles. The summed E-state index contributed by atoms with van der Waals surface area (Å²) in [6.07, 6.45) is 2.23. The maximum absolute atomic E-state index is 12.2. The largest absolute Gasteiger partial charge is 0.431 e. The van der Waals surface area contributed by atoms with Crippen LogP contribution in [0, 0.1) is 0 Å². The van der Waals surface area contributed by atoms with Crippen molar-refractivity contribution in [2.45, 2.75) is 11.3 Å². The second-order valence-electron chi connectivity index (χ2n) is 5.62. The highest BCUT2D eigenvalue weighted by Crippen LogP contribution is 2.23. The Balaban J connectivity index is 1.50. The first kappa shape index (κ1) is 19.0. The summed E-state index contributed by atoms with van der Waals surface area (Å²) in [6.45, 7) is 0.422. The molecular formula is C18H17N3O4S2. The molecule has 0 fully saturated rings. The maximum atomic E-state index is 12.2. The third-order valence-electron chi connectivity index (χ3n) is 3.68. The van der Waals surface area contributed by atoms with E-state index in [1.165, 1.54) is 23.5 Å². The smallest absolute Gasteiger partial charge is 0.278 e. The summed E-state index contributed by atoms with van der Waals surface area (Å²) >= 11 is 1.39. The molecule has 0 atom stereocenters. The summed E-state index contributed by atoms with van der Waals surface area (Å²) in [5.41, 5.74) is 1.42. The number of ether oxygens (including phenoxy) is 1. The van der Waals surface area contributed by atoms with Gasteiger partial charge in [-0.3, -0.25) is 4.79 Å². The number of benzene rings is 2. The van der Waals surface area contributed by atoms with Crippen LogP contribution in [0.5, 0.6) is 10.9 Å². The Kier molecular flexibility index (Phi) is 5.84. The molecule has 0 radical (unpaired) electrons. The fraction of sp³-hybridized carbons (Fsp3) is 0.111. The Bertz CT molecular complexity index is 1000. The summed E-state index contributed by atoms with van der Waals surface area (Å²) in [6, 6.07) is 13.0. The number of nitrogens with two attached hydrogens (primary N) is 1. The van der Waals surface area contributed by atoms with Gasteiger partial charge in [-0.15, -0.1) is 0 Å². The Labute approximate surface area is 160 Å². The van der Waals surface area contributed by atoms with Crippen LogP contribution in [0.4, 0.5) is 0 Å². The van der Waals surface area contributed by atoms with Crippen molar-refractivity contribution in [1.29, 1.82) is 0 Å². The van der Waals surface area contributed by atoms with Crippen LogP contribution in [-0.4, -0.2) is 25.9 Å². The van der Waals surface area contributed by atoms with Gasteiger partial charge in [-0.1, -0.05) is 23.5 Å². The summed E-state index contributed by atoms with van der Waals surface area (Å²) in [4.78, 5) is 16.3. The molecule has 0 aliphatic carbocycles. The van der Waals surface area contributed by atoms with Gasteiger partial charge in [0.1, 0.15) is 5.75 Å². The Morgan fingerprint density at radius 2 is 1.81 bits per heavy atom. The minimum Gasteiger partial charge on any atom is -0.431 e. The SMILES string of the molecule is NS(=O)(=O)c1ccc(CCNC(=O)c2ccc(Oc3nccs3)cc2)cc1. The highest BCUT2D eigenvalue weighted by molar-refractivity contribution is 7.89. The standard InChI is InChI=1S/C18H17N3O4S2/c19-27(23,24)16-7-1-13(2-8-16)9-10-20-17(22)14-3-5-15(6-4-14)25-18-21-11-12-26-18/h1-8,11-12H,9-10H2,(H,20,22)(H2,19,23,24). The minimum absolute atomic E-state index is 0.0651. The number of nitrogens with zero attached hydrogens (tertiary/aromatic N) is 1. The average molecular weight is 403 g/mol. The van der Waals surface area contributed by atoms with Crippen molar-refractivity contribution in [3.05, 3.63) is 71.2 Å². The lowest BCUT2D eigenvalue weighted by atomic mass is 10.1. The van der Waals surface area contributed by atoms with Gasteiger partial charge in [0.25, 0.3) is 11.1 Å². The predicted molar refractivity (Wildman–Crippen MR) is 102 cm³/mol. The van der Waals surface area contributed by atoms with Crippen LogP contribution in [0.2, 0.25) is 0 Å². The van der Waals surface area contributed by atoms with Crippen molar-refractivity contribution in [3.63, 3.8) is 0 Å². The molecule has 0 bridgehead atoms. The van der Waals surface area contributed by atoms with Crippen molar-refractivity contribution in [2.24, 2.45) is 5.14 Å². The molecule has 7 nitrogen and oxygen atoms in total. The van der Waals surface area contributed by atoms with Gasteiger partial charge in [-0.2, -0.15) is 0 Å². The molecule has 1 amide bonds. The van der Waals surface area contributed by atoms with E-state index >= 15 is 0 Å². The van der Waals surface area contributed by atoms with E-state index in [1.54, 1.807) is 42.6 Å². The maximum Gasteiger partial charge on any atom is 0.278 e. The Hall–Kier alpha value is -2.75. The highest BCUT2D eigenvalue weighted by atomic mass is 32.2. The number of rotatable bonds is 7. The van der Waals surface area contributed by atoms with E-state index in [1.807, 2.05) is 5.38 Å². The van der Waals surface area contributed by atoms with Gasteiger partial charge in [-0.25, -0.2) is 18.5 Å². The van der Waals surface area contributed by atoms with E-state index in [0.29, 0.717) is 29.5 Å². The summed E-state index contributed by atoms with van der Waals surface area (Å²) < 4.78 is 28.0. The number of thiazole rings is 1. The van der Waals surface area contributed by atoms with Crippen LogP contribution in [0.15, 0.2) is 65.0 Å². The van der Waals surface area contributed by atoms with E-state index < -0.39 is 10.0 Å². The molecular weight excluding hydrogens is 386 g/mol. The quantitative estimate of drug-likeness (QED) is 0.630. The predicted octanol–water partition coefficient (Wildman–Crippen LogP) is 2.56. The minimum atomic E-state index is -3.69. The van der Waals surface area contributed by atoms with Gasteiger partial charge in [0.2, 0.25) is 10.0 Å². The van der Waals surface area contributed by atoms with Gasteiger partial charge >= 0.3 is 0 Å². The van der Waals surface area contributed by atoms with Gasteiger partial charge < -0.3 is 10.1 Å². The van der Waals surface area contributed by atoms with Gasteiger partial charge in [-0.05, 0) is 48.4 Å². The number of nitrogens with one attached hydrogen (secondary N) is 1. The molecule has 0 saturated carbocycles. The van der Waals surface area contributed by atoms with E-state index in [9.17, 15) is 13.2 Å². The van der Waals surface area contributed by atoms with E-state index in [4.69, 9.17) is 9.88 Å². The summed E-state index contributed by atoms with van der Waals surface area (Å²) in [5, 5.41) is 10.2. The zero-order valence-electron chi connectivity index (χ0n) is 14.2. The summed E-state index contributed by atoms with van der Waals surface area (Å²) in [5.74, 6) is 0.411. The molecule has 9 heteroatoms. The number of amides is 1. The topological polar surface area (TPSA) is 111 Å². The van der Waals surface area contributed by atoms with E-state index in [2.05, 4.69) is 10.3 Å². The van der Waals surface area contributed by atoms with Crippen LogP contribution in [-0.2, 0) is 16.4 Å². The number of primary sulfonamides is 1. The number of carbonyl (C=O) groups excluding carboxylic acids is 1. The first-order valence-electron chi connectivity index (χ1n) is 7.99. The molecule has 27 heavy (non-hydrogen) atoms. The third kappa shape index (κ3) is 5.36. The molecule has 3 rings (SSSR count). The molecule has 0 unspecified atom stereocenters. The normalized spacial score (nSPS) is 11.1. The lowest BCUT2D eigenvalue weighted by molar-refractivity contribution is 0.0954. The Morgan fingerprint density at radius 3 is 2.41 bits per heavy atom. The fourth-order valence-corrected chi connectivity index (χ4v) is 3.32. The van der Waals surface area contributed by atoms with Crippen LogP contribution >= 0.6 is 11.3 Å². The van der Waals surface area contributed by atoms with Gasteiger partial charge in [0, 0.05) is 23.7 Å². The van der Waals surface area contributed by atoms with Crippen molar-refractivity contribution in [3.8, 4) is 10.9 Å². The lowest BCUT2D eigenvalue weighted by Gasteiger charge is -2.07. The molecule has 0 aliphatic rings. The zero-order valence-corrected chi connectivity index (χ0v) is 15.8. The molecule has 2 aromatic carbocycles. The second-order valence-corrected chi connectivity index (χ2v) is 8.04. The number of carbonyl (C=O) groups is 1. The molecule has 140 valence electrons. The number of aromatic nitrogens is 1. The van der Waals surface area contributed by atoms with Crippen LogP contribution in [0.3, 0.4) is 0 Å². The lowest BCUT2D eigenvalue weighted by Crippen LogP contribution is -2.25. The second kappa shape index (κ2) is 8.30. The molecule has 0 saturated heterocycles. The molecule has 0 aliphatic heterocycles. The fourth-order valence-electron chi connectivity index (χ4n) is 2.30. The van der Waals surface area contributed by atoms with Gasteiger partial charge in [0.15, 0.2) is 0 Å². The van der Waals surface area contributed by atoms with Gasteiger partial charge in [0.05, 0.1) is 4.90 Å². The van der Waals surface area contributed by atoms with E-state index in [0.717, 1.165) is 5.56 Å². The van der Waals surface area contributed by atoms with E-state index in [-0.39, 0.29) is 10.8 Å². The zero-order chi connectivity index (χ0) is 19.3. The Morgan fingerprint density at radius 1 is 1.11 bits per heavy atom. The average Bonchev–Trinajstić information content (AvgIpc) is 3.15. The number of hydrogen-bond donors (Lipinski definition) is 2. The van der Waals surface area contributed by atoms with Crippen LogP contribution < -0.4 is 15.2 Å². The third-order valence-corrected chi connectivity index (χ3v) is 5.26. The van der Waals surface area contributed by atoms with Crippen LogP contribution in [0.1, 0.15) is 15.9 Å². The highest BCUT2D eigenvalue weighted by Gasteiger charge is 2.08. The van der Waals surface area contributed by atoms with Crippen molar-refractivity contribution >= 4 is 27.3 Å². The molecule has 0 spiro atoms. The monoisotopic (exact) mass is 403 g/mol. The molecule has 3 N–H and O–H groups in total. The first-order chi connectivity index (χ1) is 12.9. The first-order valence-corrected chi connectivity index (χ1v) is 10.4. The van der Waals surface area contributed by atoms with Crippen LogP contribution in [0.25, 0.3) is 0 Å².